The molecule has 27 heavy (non-hydrogen) atoms. The van der Waals surface area contributed by atoms with E-state index in [9.17, 15) is 4.79 Å². The SMILES string of the molecule is O=C(c1ccc2nsnc2c1)N1CCN(c2ccc3ncncc3c2)CC1. The van der Waals surface area contributed by atoms with Crippen LogP contribution in [0.5, 0.6) is 0 Å². The lowest BCUT2D eigenvalue weighted by atomic mass is 10.1. The molecule has 0 saturated carbocycles. The van der Waals surface area contributed by atoms with Crippen LogP contribution in [0.15, 0.2) is 48.9 Å². The zero-order chi connectivity index (χ0) is 18.2. The molecule has 1 aliphatic rings. The Morgan fingerprint density at radius 1 is 0.926 bits per heavy atom. The number of carbonyl (C=O) groups is 1. The summed E-state index contributed by atoms with van der Waals surface area (Å²) < 4.78 is 8.41. The van der Waals surface area contributed by atoms with E-state index in [1.165, 1.54) is 11.7 Å². The minimum absolute atomic E-state index is 0.0523. The predicted molar refractivity (Wildman–Crippen MR) is 105 cm³/mol. The molecule has 1 amide bonds. The van der Waals surface area contributed by atoms with Crippen LogP contribution >= 0.6 is 11.7 Å². The Kier molecular flexibility index (Phi) is 3.90. The molecule has 1 aliphatic heterocycles. The summed E-state index contributed by atoms with van der Waals surface area (Å²) in [5.74, 6) is 0.0523. The van der Waals surface area contributed by atoms with Crippen molar-refractivity contribution in [2.24, 2.45) is 0 Å². The Morgan fingerprint density at radius 2 is 1.74 bits per heavy atom. The molecule has 134 valence electrons. The summed E-state index contributed by atoms with van der Waals surface area (Å²) in [5.41, 5.74) is 4.37. The molecule has 2 aromatic heterocycles. The summed E-state index contributed by atoms with van der Waals surface area (Å²) >= 11 is 1.17. The summed E-state index contributed by atoms with van der Waals surface area (Å²) in [5, 5.41) is 1.03. The van der Waals surface area contributed by atoms with Crippen LogP contribution in [0.25, 0.3) is 21.9 Å². The molecule has 1 fully saturated rings. The van der Waals surface area contributed by atoms with Crippen molar-refractivity contribution in [2.45, 2.75) is 0 Å². The molecule has 0 bridgehead atoms. The van der Waals surface area contributed by atoms with Crippen LogP contribution < -0.4 is 4.90 Å². The molecule has 0 spiro atoms. The molecule has 8 heteroatoms. The lowest BCUT2D eigenvalue weighted by Gasteiger charge is -2.36. The average Bonchev–Trinajstić information content (AvgIpc) is 3.21. The maximum absolute atomic E-state index is 12.8. The zero-order valence-corrected chi connectivity index (χ0v) is 15.3. The minimum Gasteiger partial charge on any atom is -0.368 e. The van der Waals surface area contributed by atoms with Gasteiger partial charge in [0.15, 0.2) is 0 Å². The van der Waals surface area contributed by atoms with Crippen molar-refractivity contribution in [1.82, 2.24) is 23.6 Å². The van der Waals surface area contributed by atoms with E-state index in [0.29, 0.717) is 18.7 Å². The predicted octanol–water partition coefficient (Wildman–Crippen LogP) is 2.60. The quantitative estimate of drug-likeness (QED) is 0.535. The van der Waals surface area contributed by atoms with Crippen molar-refractivity contribution in [2.75, 3.05) is 31.1 Å². The molecule has 0 radical (unpaired) electrons. The standard InChI is InChI=1S/C19H16N6OS/c26-19(13-1-3-17-18(10-13)23-27-22-17)25-7-5-24(6-8-25)15-2-4-16-14(9-15)11-20-12-21-16/h1-4,9-12H,5-8H2. The largest absolute Gasteiger partial charge is 0.368 e. The number of aromatic nitrogens is 4. The summed E-state index contributed by atoms with van der Waals surface area (Å²) in [6, 6.07) is 11.7. The molecule has 0 aliphatic carbocycles. The van der Waals surface area contributed by atoms with Crippen LogP contribution in [0.3, 0.4) is 0 Å². The maximum atomic E-state index is 12.8. The van der Waals surface area contributed by atoms with Gasteiger partial charge in [-0.2, -0.15) is 8.75 Å². The van der Waals surface area contributed by atoms with Gasteiger partial charge in [-0.1, -0.05) is 0 Å². The number of nitrogens with zero attached hydrogens (tertiary/aromatic N) is 6. The van der Waals surface area contributed by atoms with E-state index in [0.717, 1.165) is 40.7 Å². The van der Waals surface area contributed by atoms with Gasteiger partial charge in [-0.3, -0.25) is 4.79 Å². The third-order valence-electron chi connectivity index (χ3n) is 4.92. The summed E-state index contributed by atoms with van der Waals surface area (Å²) in [4.78, 5) is 25.4. The number of hydrogen-bond donors (Lipinski definition) is 0. The molecular formula is C19H16N6OS. The highest BCUT2D eigenvalue weighted by Gasteiger charge is 2.23. The van der Waals surface area contributed by atoms with Gasteiger partial charge >= 0.3 is 0 Å². The number of fused-ring (bicyclic) bond motifs is 2. The Morgan fingerprint density at radius 3 is 2.63 bits per heavy atom. The molecule has 0 unspecified atom stereocenters. The lowest BCUT2D eigenvalue weighted by molar-refractivity contribution is 0.0747. The first kappa shape index (κ1) is 16.1. The van der Waals surface area contributed by atoms with E-state index in [2.05, 4.69) is 35.7 Å². The van der Waals surface area contributed by atoms with Crippen molar-refractivity contribution < 1.29 is 4.79 Å². The summed E-state index contributed by atoms with van der Waals surface area (Å²) in [6.45, 7) is 2.97. The van der Waals surface area contributed by atoms with Gasteiger partial charge in [0.05, 0.1) is 17.2 Å². The van der Waals surface area contributed by atoms with E-state index in [1.807, 2.05) is 35.4 Å². The first-order valence-corrected chi connectivity index (χ1v) is 9.47. The maximum Gasteiger partial charge on any atom is 0.254 e. The second kappa shape index (κ2) is 6.55. The van der Waals surface area contributed by atoms with Gasteiger partial charge in [0.25, 0.3) is 5.91 Å². The number of piperazine rings is 1. The van der Waals surface area contributed by atoms with Crippen LogP contribution in [-0.2, 0) is 0 Å². The van der Waals surface area contributed by atoms with Crippen LogP contribution in [0.4, 0.5) is 5.69 Å². The Bertz CT molecular complexity index is 1140. The van der Waals surface area contributed by atoms with Gasteiger partial charge in [0.1, 0.15) is 17.4 Å². The monoisotopic (exact) mass is 376 g/mol. The summed E-state index contributed by atoms with van der Waals surface area (Å²) in [7, 11) is 0. The van der Waals surface area contributed by atoms with Crippen LogP contribution in [-0.4, -0.2) is 55.7 Å². The third kappa shape index (κ3) is 2.97. The number of benzene rings is 2. The Hall–Kier alpha value is -3.13. The molecule has 3 heterocycles. The van der Waals surface area contributed by atoms with Gasteiger partial charge in [-0.25, -0.2) is 9.97 Å². The van der Waals surface area contributed by atoms with Crippen LogP contribution in [0.2, 0.25) is 0 Å². The minimum atomic E-state index is 0.0523. The second-order valence-corrected chi connectivity index (χ2v) is 7.04. The van der Waals surface area contributed by atoms with E-state index < -0.39 is 0 Å². The van der Waals surface area contributed by atoms with Crippen LogP contribution in [0.1, 0.15) is 10.4 Å². The van der Waals surface area contributed by atoms with E-state index in [4.69, 9.17) is 0 Å². The fraction of sp³-hybridized carbons (Fsp3) is 0.211. The first-order valence-electron chi connectivity index (χ1n) is 8.74. The van der Waals surface area contributed by atoms with Gasteiger partial charge in [-0.15, -0.1) is 0 Å². The number of amides is 1. The highest BCUT2D eigenvalue weighted by molar-refractivity contribution is 7.00. The van der Waals surface area contributed by atoms with E-state index in [1.54, 1.807) is 6.33 Å². The van der Waals surface area contributed by atoms with Gasteiger partial charge in [0.2, 0.25) is 0 Å². The van der Waals surface area contributed by atoms with Crippen molar-refractivity contribution in [3.05, 3.63) is 54.5 Å². The van der Waals surface area contributed by atoms with E-state index >= 15 is 0 Å². The van der Waals surface area contributed by atoms with Gasteiger partial charge in [-0.05, 0) is 36.4 Å². The highest BCUT2D eigenvalue weighted by atomic mass is 32.1. The van der Waals surface area contributed by atoms with Crippen LogP contribution in [0, 0.1) is 0 Å². The Balaban J connectivity index is 1.30. The molecule has 7 nitrogen and oxygen atoms in total. The third-order valence-corrected chi connectivity index (χ3v) is 5.48. The smallest absolute Gasteiger partial charge is 0.254 e. The lowest BCUT2D eigenvalue weighted by Crippen LogP contribution is -2.48. The molecule has 4 aromatic rings. The fourth-order valence-corrected chi connectivity index (χ4v) is 3.95. The van der Waals surface area contributed by atoms with Crippen molar-refractivity contribution >= 4 is 45.3 Å². The number of anilines is 1. The van der Waals surface area contributed by atoms with Gasteiger partial charge < -0.3 is 9.80 Å². The van der Waals surface area contributed by atoms with E-state index in [-0.39, 0.29) is 5.91 Å². The molecular weight excluding hydrogens is 360 g/mol. The zero-order valence-electron chi connectivity index (χ0n) is 14.4. The number of rotatable bonds is 2. The number of hydrogen-bond acceptors (Lipinski definition) is 7. The van der Waals surface area contributed by atoms with Crippen molar-refractivity contribution in [1.29, 1.82) is 0 Å². The molecule has 0 atom stereocenters. The molecule has 1 saturated heterocycles. The van der Waals surface area contributed by atoms with Crippen molar-refractivity contribution in [3.63, 3.8) is 0 Å². The van der Waals surface area contributed by atoms with Crippen molar-refractivity contribution in [3.8, 4) is 0 Å². The highest BCUT2D eigenvalue weighted by Crippen LogP contribution is 2.22. The van der Waals surface area contributed by atoms with Gasteiger partial charge in [0, 0.05) is 49.0 Å². The fourth-order valence-electron chi connectivity index (χ4n) is 3.43. The molecule has 5 rings (SSSR count). The molecule has 2 aromatic carbocycles. The first-order chi connectivity index (χ1) is 13.3. The normalized spacial score (nSPS) is 14.8. The summed E-state index contributed by atoms with van der Waals surface area (Å²) in [6.07, 6.45) is 3.39. The second-order valence-electron chi connectivity index (χ2n) is 6.51. The topological polar surface area (TPSA) is 75.1 Å². The Labute approximate surface area is 159 Å². The number of carbonyl (C=O) groups excluding carboxylic acids is 1. The molecule has 0 N–H and O–H groups in total. The average molecular weight is 376 g/mol.